The number of rotatable bonds is 3. The lowest BCUT2D eigenvalue weighted by molar-refractivity contribution is 0.646. The van der Waals surface area contributed by atoms with E-state index in [1.165, 1.54) is 18.4 Å². The predicted octanol–water partition coefficient (Wildman–Crippen LogP) is 3.17. The Hall–Kier alpha value is -2.21. The van der Waals surface area contributed by atoms with Gasteiger partial charge in [0.25, 0.3) is 5.56 Å². The van der Waals surface area contributed by atoms with Crippen LogP contribution in [0.15, 0.2) is 29.1 Å². The molecule has 0 atom stereocenters. The van der Waals surface area contributed by atoms with Crippen LogP contribution in [0.2, 0.25) is 0 Å². The lowest BCUT2D eigenvalue weighted by Gasteiger charge is -2.08. The van der Waals surface area contributed by atoms with Crippen molar-refractivity contribution in [3.63, 3.8) is 0 Å². The number of aromatic nitrogens is 4. The van der Waals surface area contributed by atoms with Crippen LogP contribution in [-0.4, -0.2) is 19.5 Å². The highest BCUT2D eigenvalue weighted by Gasteiger charge is 2.25. The Bertz CT molecular complexity index is 960. The fourth-order valence-corrected chi connectivity index (χ4v) is 2.92. The average molecular weight is 312 g/mol. The van der Waals surface area contributed by atoms with Crippen molar-refractivity contribution >= 4 is 23.4 Å². The van der Waals surface area contributed by atoms with Crippen molar-refractivity contribution in [1.82, 2.24) is 19.5 Å². The van der Waals surface area contributed by atoms with Gasteiger partial charge in [-0.25, -0.2) is 4.98 Å². The summed E-state index contributed by atoms with van der Waals surface area (Å²) in [7, 11) is 0. The van der Waals surface area contributed by atoms with Gasteiger partial charge in [0, 0.05) is 12.1 Å². The van der Waals surface area contributed by atoms with E-state index in [1.807, 2.05) is 16.7 Å². The maximum atomic E-state index is 12.3. The molecule has 1 saturated carbocycles. The number of hydrogen-bond acceptors (Lipinski definition) is 3. The van der Waals surface area contributed by atoms with Crippen molar-refractivity contribution in [3.8, 4) is 11.4 Å². The molecule has 5 nitrogen and oxygen atoms in total. The normalized spacial score (nSPS) is 14.6. The quantitative estimate of drug-likeness (QED) is 0.730. The van der Waals surface area contributed by atoms with Crippen LogP contribution >= 0.6 is 12.2 Å². The molecule has 1 aliphatic carbocycles. The van der Waals surface area contributed by atoms with Gasteiger partial charge in [0.05, 0.1) is 0 Å². The molecule has 0 saturated heterocycles. The molecule has 3 aromatic rings. The van der Waals surface area contributed by atoms with Gasteiger partial charge in [0.1, 0.15) is 5.82 Å². The summed E-state index contributed by atoms with van der Waals surface area (Å²) in [5, 5.41) is 0. The van der Waals surface area contributed by atoms with E-state index in [0.717, 1.165) is 17.9 Å². The topological polar surface area (TPSA) is 66.5 Å². The molecule has 22 heavy (non-hydrogen) atoms. The van der Waals surface area contributed by atoms with Gasteiger partial charge >= 0.3 is 0 Å². The Labute approximate surface area is 132 Å². The molecule has 0 amide bonds. The second-order valence-electron chi connectivity index (χ2n) is 5.96. The third kappa shape index (κ3) is 2.29. The van der Waals surface area contributed by atoms with Gasteiger partial charge in [-0.2, -0.15) is 0 Å². The van der Waals surface area contributed by atoms with E-state index in [-0.39, 0.29) is 5.56 Å². The third-order valence-corrected chi connectivity index (χ3v) is 4.29. The first kappa shape index (κ1) is 13.5. The molecule has 0 spiro atoms. The van der Waals surface area contributed by atoms with Crippen molar-refractivity contribution in [2.75, 3.05) is 0 Å². The summed E-state index contributed by atoms with van der Waals surface area (Å²) in [6.45, 7) is 2.88. The number of fused-ring (bicyclic) bond motifs is 1. The van der Waals surface area contributed by atoms with Crippen LogP contribution in [0.5, 0.6) is 0 Å². The highest BCUT2D eigenvalue weighted by Crippen LogP contribution is 2.33. The molecule has 0 radical (unpaired) electrons. The molecule has 6 heteroatoms. The van der Waals surface area contributed by atoms with Crippen LogP contribution in [0.3, 0.4) is 0 Å². The number of imidazole rings is 1. The number of hydrogen-bond donors (Lipinski definition) is 2. The Balaban J connectivity index is 1.99. The minimum Gasteiger partial charge on any atom is -0.318 e. The summed E-state index contributed by atoms with van der Waals surface area (Å²) < 4.78 is 2.34. The first-order valence-electron chi connectivity index (χ1n) is 7.42. The molecule has 1 fully saturated rings. The van der Waals surface area contributed by atoms with E-state index in [4.69, 9.17) is 12.2 Å². The zero-order chi connectivity index (χ0) is 15.3. The maximum absolute atomic E-state index is 12.3. The SMILES string of the molecule is Cc1ccc(-c2nc3[nH]c(=S)[nH]c(=O)c3n2CC2CC2)cc1. The first-order chi connectivity index (χ1) is 10.6. The van der Waals surface area contributed by atoms with E-state index >= 15 is 0 Å². The van der Waals surface area contributed by atoms with Crippen molar-refractivity contribution in [3.05, 3.63) is 45.0 Å². The summed E-state index contributed by atoms with van der Waals surface area (Å²) in [5.74, 6) is 1.47. The summed E-state index contributed by atoms with van der Waals surface area (Å²) in [5.41, 5.74) is 3.18. The van der Waals surface area contributed by atoms with Crippen molar-refractivity contribution < 1.29 is 0 Å². The average Bonchev–Trinajstić information content (AvgIpc) is 3.21. The monoisotopic (exact) mass is 312 g/mol. The fourth-order valence-electron chi connectivity index (χ4n) is 2.73. The number of aryl methyl sites for hydroxylation is 1. The van der Waals surface area contributed by atoms with Crippen LogP contribution in [0, 0.1) is 17.6 Å². The number of nitrogens with zero attached hydrogens (tertiary/aromatic N) is 2. The molecule has 2 aromatic heterocycles. The van der Waals surface area contributed by atoms with Gasteiger partial charge in [-0.1, -0.05) is 29.8 Å². The molecule has 0 unspecified atom stereocenters. The zero-order valence-electron chi connectivity index (χ0n) is 12.2. The second-order valence-corrected chi connectivity index (χ2v) is 6.37. The van der Waals surface area contributed by atoms with E-state index < -0.39 is 0 Å². The van der Waals surface area contributed by atoms with Gasteiger partial charge < -0.3 is 9.55 Å². The molecule has 4 rings (SSSR count). The highest BCUT2D eigenvalue weighted by atomic mass is 32.1. The number of benzene rings is 1. The summed E-state index contributed by atoms with van der Waals surface area (Å²) >= 11 is 5.05. The highest BCUT2D eigenvalue weighted by molar-refractivity contribution is 7.71. The van der Waals surface area contributed by atoms with E-state index in [0.29, 0.717) is 21.9 Å². The zero-order valence-corrected chi connectivity index (χ0v) is 13.0. The summed E-state index contributed by atoms with van der Waals surface area (Å²) in [6, 6.07) is 8.21. The van der Waals surface area contributed by atoms with Gasteiger partial charge in [0.15, 0.2) is 15.9 Å². The van der Waals surface area contributed by atoms with Crippen molar-refractivity contribution in [2.24, 2.45) is 5.92 Å². The molecule has 0 aliphatic heterocycles. The Morgan fingerprint density at radius 2 is 2.00 bits per heavy atom. The van der Waals surface area contributed by atoms with E-state index in [1.54, 1.807) is 0 Å². The van der Waals surface area contributed by atoms with Crippen LogP contribution in [0.25, 0.3) is 22.6 Å². The number of H-pyrrole nitrogens is 2. The largest absolute Gasteiger partial charge is 0.318 e. The van der Waals surface area contributed by atoms with Gasteiger partial charge in [-0.3, -0.25) is 9.78 Å². The summed E-state index contributed by atoms with van der Waals surface area (Å²) in [4.78, 5) is 22.6. The lowest BCUT2D eigenvalue weighted by Crippen LogP contribution is -2.13. The Morgan fingerprint density at radius 1 is 1.27 bits per heavy atom. The lowest BCUT2D eigenvalue weighted by atomic mass is 10.1. The van der Waals surface area contributed by atoms with Gasteiger partial charge in [-0.05, 0) is 37.9 Å². The molecule has 1 aliphatic rings. The maximum Gasteiger partial charge on any atom is 0.277 e. The molecule has 112 valence electrons. The number of nitrogens with one attached hydrogen (secondary N) is 2. The molecule has 2 heterocycles. The van der Waals surface area contributed by atoms with Crippen LogP contribution in [-0.2, 0) is 6.54 Å². The standard InChI is InChI=1S/C16H16N4OS/c1-9-2-6-11(7-3-9)14-17-13-12(15(21)19-16(22)18-13)20(14)8-10-4-5-10/h2-3,6-7,10H,4-5,8H2,1H3,(H2,18,19,21,22). The molecule has 1 aromatic carbocycles. The predicted molar refractivity (Wildman–Crippen MR) is 88.4 cm³/mol. The van der Waals surface area contributed by atoms with Gasteiger partial charge in [0.2, 0.25) is 0 Å². The first-order valence-corrected chi connectivity index (χ1v) is 7.82. The van der Waals surface area contributed by atoms with Gasteiger partial charge in [-0.15, -0.1) is 0 Å². The molecule has 2 N–H and O–H groups in total. The Morgan fingerprint density at radius 3 is 2.68 bits per heavy atom. The van der Waals surface area contributed by atoms with Crippen LogP contribution in [0.4, 0.5) is 0 Å². The van der Waals surface area contributed by atoms with E-state index in [9.17, 15) is 4.79 Å². The van der Waals surface area contributed by atoms with Crippen molar-refractivity contribution in [1.29, 1.82) is 0 Å². The van der Waals surface area contributed by atoms with Crippen LogP contribution < -0.4 is 5.56 Å². The number of aromatic amines is 2. The van der Waals surface area contributed by atoms with Crippen LogP contribution in [0.1, 0.15) is 18.4 Å². The molecule has 0 bridgehead atoms. The third-order valence-electron chi connectivity index (χ3n) is 4.09. The Kier molecular flexibility index (Phi) is 3.00. The minimum atomic E-state index is -0.176. The summed E-state index contributed by atoms with van der Waals surface area (Å²) in [6.07, 6.45) is 2.43. The minimum absolute atomic E-state index is 0.176. The van der Waals surface area contributed by atoms with Crippen molar-refractivity contribution in [2.45, 2.75) is 26.3 Å². The smallest absolute Gasteiger partial charge is 0.277 e. The second kappa shape index (κ2) is 4.91. The van der Waals surface area contributed by atoms with E-state index in [2.05, 4.69) is 34.0 Å². The fraction of sp³-hybridized carbons (Fsp3) is 0.312. The molecular formula is C16H16N4OS. The molecular weight excluding hydrogens is 296 g/mol.